The first-order chi connectivity index (χ1) is 26.7. The van der Waals surface area contributed by atoms with Crippen LogP contribution >= 0.6 is 0 Å². The van der Waals surface area contributed by atoms with Crippen molar-refractivity contribution in [3.05, 3.63) is 174 Å². The topological polar surface area (TPSA) is 70.8 Å². The summed E-state index contributed by atoms with van der Waals surface area (Å²) in [7, 11) is 0. The van der Waals surface area contributed by atoms with Gasteiger partial charge < -0.3 is 8.98 Å². The lowest BCUT2D eigenvalue weighted by Gasteiger charge is -2.13. The molecule has 0 amide bonds. The maximum Gasteiger partial charge on any atom is 0.266 e. The van der Waals surface area contributed by atoms with E-state index in [9.17, 15) is 4.79 Å². The van der Waals surface area contributed by atoms with Gasteiger partial charge in [-0.15, -0.1) is 0 Å². The molecular formula is C47H27N5O2. The zero-order valence-corrected chi connectivity index (χ0v) is 28.6. The fourth-order valence-corrected chi connectivity index (χ4v) is 8.55. The van der Waals surface area contributed by atoms with E-state index >= 15 is 0 Å². The first-order valence-corrected chi connectivity index (χ1v) is 18.0. The van der Waals surface area contributed by atoms with Gasteiger partial charge in [0, 0.05) is 67.4 Å². The van der Waals surface area contributed by atoms with Crippen LogP contribution in [0.3, 0.4) is 0 Å². The monoisotopic (exact) mass is 693 g/mol. The van der Waals surface area contributed by atoms with Crippen molar-refractivity contribution in [2.75, 3.05) is 0 Å². The average Bonchev–Trinajstić information content (AvgIpc) is 3.86. The highest BCUT2D eigenvalue weighted by molar-refractivity contribution is 6.21. The third-order valence-electron chi connectivity index (χ3n) is 10.9. The Morgan fingerprint density at radius 2 is 0.889 bits per heavy atom. The van der Waals surface area contributed by atoms with Gasteiger partial charge in [-0.05, 0) is 54.6 Å². The summed E-state index contributed by atoms with van der Waals surface area (Å²) in [6.45, 7) is 0. The van der Waals surface area contributed by atoms with Crippen molar-refractivity contribution in [2.24, 2.45) is 0 Å². The van der Waals surface area contributed by atoms with Crippen LogP contribution in [0.1, 0.15) is 0 Å². The second-order valence-electron chi connectivity index (χ2n) is 13.8. The standard InChI is InChI=1S/C47H27N5O2/c53-46-37-27-48-47(49-45(37)32-19-9-12-22-40(32)51(46)29-15-5-2-6-16-29)52-39-21-11-8-18-31(39)34-24-36-35-23-33-30-17-7-10-20-38(30)50(28-13-3-1-4-14-28)41(33)25-43(35)54-44(36)26-42(34)52/h1-27H. The molecule has 0 fully saturated rings. The Morgan fingerprint density at radius 3 is 1.50 bits per heavy atom. The number of pyridine rings is 1. The van der Waals surface area contributed by atoms with Gasteiger partial charge in [0.1, 0.15) is 11.2 Å². The zero-order valence-electron chi connectivity index (χ0n) is 28.6. The van der Waals surface area contributed by atoms with Gasteiger partial charge in [0.15, 0.2) is 0 Å². The van der Waals surface area contributed by atoms with Gasteiger partial charge in [0.2, 0.25) is 5.95 Å². The number of benzene rings is 7. The van der Waals surface area contributed by atoms with Crippen molar-refractivity contribution in [3.63, 3.8) is 0 Å². The number of fused-ring (bicyclic) bond motifs is 12. The van der Waals surface area contributed by atoms with Crippen molar-refractivity contribution < 1.29 is 4.42 Å². The molecule has 252 valence electrons. The Bertz CT molecular complexity index is 3580. The molecule has 0 saturated carbocycles. The highest BCUT2D eigenvalue weighted by Crippen LogP contribution is 2.41. The summed E-state index contributed by atoms with van der Waals surface area (Å²) in [6, 6.07) is 53.8. The summed E-state index contributed by atoms with van der Waals surface area (Å²) in [5.41, 5.74) is 8.89. The van der Waals surface area contributed by atoms with E-state index in [4.69, 9.17) is 14.4 Å². The molecule has 0 aliphatic heterocycles. The van der Waals surface area contributed by atoms with E-state index in [1.165, 1.54) is 10.8 Å². The van der Waals surface area contributed by atoms with Crippen LogP contribution in [0.4, 0.5) is 0 Å². The first-order valence-electron chi connectivity index (χ1n) is 18.0. The van der Waals surface area contributed by atoms with Crippen LogP contribution in [0.25, 0.3) is 105 Å². The number of aromatic nitrogens is 5. The number of para-hydroxylation sites is 5. The van der Waals surface area contributed by atoms with Gasteiger partial charge >= 0.3 is 0 Å². The smallest absolute Gasteiger partial charge is 0.266 e. The lowest BCUT2D eigenvalue weighted by atomic mass is 10.1. The highest BCUT2D eigenvalue weighted by atomic mass is 16.3. The second kappa shape index (κ2) is 10.8. The van der Waals surface area contributed by atoms with Gasteiger partial charge in [-0.1, -0.05) is 91.0 Å². The summed E-state index contributed by atoms with van der Waals surface area (Å²) in [5.74, 6) is 0.486. The zero-order chi connectivity index (χ0) is 35.5. The maximum atomic E-state index is 14.1. The van der Waals surface area contributed by atoms with E-state index in [-0.39, 0.29) is 5.56 Å². The molecule has 0 radical (unpaired) electrons. The third-order valence-corrected chi connectivity index (χ3v) is 10.9. The number of nitrogens with zero attached hydrogens (tertiary/aromatic N) is 5. The van der Waals surface area contributed by atoms with Gasteiger partial charge in [0.25, 0.3) is 5.56 Å². The Balaban J connectivity index is 1.13. The van der Waals surface area contributed by atoms with Crippen LogP contribution in [0, 0.1) is 0 Å². The summed E-state index contributed by atoms with van der Waals surface area (Å²) in [4.78, 5) is 24.1. The largest absolute Gasteiger partial charge is 0.456 e. The highest BCUT2D eigenvalue weighted by Gasteiger charge is 2.21. The van der Waals surface area contributed by atoms with Crippen molar-refractivity contribution >= 4 is 87.4 Å². The van der Waals surface area contributed by atoms with Crippen LogP contribution < -0.4 is 5.56 Å². The van der Waals surface area contributed by atoms with Crippen LogP contribution in [0.2, 0.25) is 0 Å². The number of hydrogen-bond acceptors (Lipinski definition) is 4. The third kappa shape index (κ3) is 3.92. The van der Waals surface area contributed by atoms with Crippen molar-refractivity contribution in [1.82, 2.24) is 23.7 Å². The molecule has 5 aromatic heterocycles. The molecule has 0 atom stereocenters. The van der Waals surface area contributed by atoms with Crippen LogP contribution in [0.15, 0.2) is 173 Å². The molecule has 7 nitrogen and oxygen atoms in total. The van der Waals surface area contributed by atoms with E-state index in [0.717, 1.165) is 77.1 Å². The number of rotatable bonds is 3. The molecule has 12 rings (SSSR count). The fraction of sp³-hybridized carbons (Fsp3) is 0. The van der Waals surface area contributed by atoms with Gasteiger partial charge in [0.05, 0.1) is 38.5 Å². The van der Waals surface area contributed by atoms with Crippen LogP contribution in [-0.4, -0.2) is 23.7 Å². The quantitative estimate of drug-likeness (QED) is 0.173. The van der Waals surface area contributed by atoms with Gasteiger partial charge in [-0.25, -0.2) is 9.97 Å². The van der Waals surface area contributed by atoms with Crippen LogP contribution in [-0.2, 0) is 0 Å². The molecule has 0 saturated heterocycles. The molecule has 54 heavy (non-hydrogen) atoms. The Hall–Kier alpha value is -7.51. The molecule has 0 bridgehead atoms. The van der Waals surface area contributed by atoms with Crippen molar-refractivity contribution in [3.8, 4) is 17.3 Å². The predicted molar refractivity (Wildman–Crippen MR) is 219 cm³/mol. The van der Waals surface area contributed by atoms with E-state index in [1.54, 1.807) is 10.8 Å². The molecule has 12 aromatic rings. The molecular weight excluding hydrogens is 667 g/mol. The summed E-state index contributed by atoms with van der Waals surface area (Å²) in [6.07, 6.45) is 1.67. The molecule has 7 aromatic carbocycles. The fourth-order valence-electron chi connectivity index (χ4n) is 8.55. The lowest BCUT2D eigenvalue weighted by molar-refractivity contribution is 0.669. The molecule has 0 spiro atoms. The molecule has 0 aliphatic carbocycles. The predicted octanol–water partition coefficient (Wildman–Crippen LogP) is 11.0. The van der Waals surface area contributed by atoms with Crippen molar-refractivity contribution in [1.29, 1.82) is 0 Å². The Kier molecular flexibility index (Phi) is 5.80. The van der Waals surface area contributed by atoms with E-state index < -0.39 is 0 Å². The van der Waals surface area contributed by atoms with Crippen LogP contribution in [0.5, 0.6) is 0 Å². The van der Waals surface area contributed by atoms with E-state index in [1.807, 2.05) is 66.7 Å². The Morgan fingerprint density at radius 1 is 0.407 bits per heavy atom. The molecule has 0 N–H and O–H groups in total. The minimum Gasteiger partial charge on any atom is -0.456 e. The summed E-state index contributed by atoms with van der Waals surface area (Å²) < 4.78 is 12.9. The molecule has 0 unspecified atom stereocenters. The summed E-state index contributed by atoms with van der Waals surface area (Å²) in [5, 5.41) is 7.97. The molecule has 7 heteroatoms. The first kappa shape index (κ1) is 29.1. The minimum atomic E-state index is -0.159. The van der Waals surface area contributed by atoms with E-state index in [2.05, 4.69) is 100 Å². The number of hydrogen-bond donors (Lipinski definition) is 0. The van der Waals surface area contributed by atoms with Gasteiger partial charge in [-0.2, -0.15) is 0 Å². The second-order valence-corrected chi connectivity index (χ2v) is 13.8. The molecule has 5 heterocycles. The SMILES string of the molecule is O=c1c2cnc(-n3c4ccccc4c4cc5c(cc43)oc3cc4c(cc35)c3ccccc3n4-c3ccccc3)nc2c2ccccc2n1-c1ccccc1. The Labute approximate surface area is 306 Å². The molecule has 0 aliphatic rings. The lowest BCUT2D eigenvalue weighted by Crippen LogP contribution is -2.20. The van der Waals surface area contributed by atoms with Gasteiger partial charge in [-0.3, -0.25) is 13.9 Å². The van der Waals surface area contributed by atoms with Crippen molar-refractivity contribution in [2.45, 2.75) is 0 Å². The maximum absolute atomic E-state index is 14.1. The van der Waals surface area contributed by atoms with E-state index in [0.29, 0.717) is 16.9 Å². The summed E-state index contributed by atoms with van der Waals surface area (Å²) >= 11 is 0. The average molecular weight is 694 g/mol. The normalized spacial score (nSPS) is 12.1. The number of furan rings is 1. The minimum absolute atomic E-state index is 0.159.